The van der Waals surface area contributed by atoms with Gasteiger partial charge >= 0.3 is 6.09 Å². The fourth-order valence-corrected chi connectivity index (χ4v) is 4.83. The fraction of sp³-hybridized carbons (Fsp3) is 0.406. The smallest absolute Gasteiger partial charge is 0.411 e. The lowest BCUT2D eigenvalue weighted by Crippen LogP contribution is -2.50. The summed E-state index contributed by atoms with van der Waals surface area (Å²) in [5.41, 5.74) is 8.75. The Balaban J connectivity index is 1.61. The summed E-state index contributed by atoms with van der Waals surface area (Å²) in [6, 6.07) is 29.0. The van der Waals surface area contributed by atoms with E-state index in [1.807, 2.05) is 112 Å². The molecule has 0 aliphatic carbocycles. The highest BCUT2D eigenvalue weighted by Gasteiger charge is 2.53. The Kier molecular flexibility index (Phi) is 10.1. The quantitative estimate of drug-likeness (QED) is 0.360. The average Bonchev–Trinajstić information content (AvgIpc) is 3.23. The molecule has 4 atom stereocenters. The second-order valence-electron chi connectivity index (χ2n) is 10.8. The van der Waals surface area contributed by atoms with E-state index in [9.17, 15) is 4.79 Å². The molecule has 1 heterocycles. The topological polar surface area (TPSA) is 83.2 Å². The summed E-state index contributed by atoms with van der Waals surface area (Å²) in [7, 11) is 0. The predicted molar refractivity (Wildman–Crippen MR) is 151 cm³/mol. The van der Waals surface area contributed by atoms with Gasteiger partial charge in [0.2, 0.25) is 0 Å². The summed E-state index contributed by atoms with van der Waals surface area (Å²) < 4.78 is 25.0. The highest BCUT2D eigenvalue weighted by Crippen LogP contribution is 2.33. The molecule has 4 rings (SSSR count). The normalized spacial score (nSPS) is 21.2. The van der Waals surface area contributed by atoms with Crippen LogP contribution < -0.4 is 5.73 Å². The SMILES string of the molecule is CC(C)(C)OC(=O)N1[C@H](COCc2ccccc2)[C@H](OCc2ccccc2)[C@H](OCc2ccccc2)[C@H]1CN. The minimum absolute atomic E-state index is 0.194. The van der Waals surface area contributed by atoms with E-state index in [-0.39, 0.29) is 13.2 Å². The molecule has 7 nitrogen and oxygen atoms in total. The minimum atomic E-state index is -0.672. The highest BCUT2D eigenvalue weighted by molar-refractivity contribution is 5.70. The van der Waals surface area contributed by atoms with Crippen molar-refractivity contribution in [2.45, 2.75) is 70.5 Å². The molecule has 1 aliphatic heterocycles. The maximum Gasteiger partial charge on any atom is 0.411 e. The van der Waals surface area contributed by atoms with Crippen molar-refractivity contribution >= 4 is 6.09 Å². The van der Waals surface area contributed by atoms with E-state index in [1.54, 1.807) is 4.90 Å². The van der Waals surface area contributed by atoms with E-state index >= 15 is 0 Å². The molecule has 1 aliphatic rings. The van der Waals surface area contributed by atoms with Crippen LogP contribution in [0.2, 0.25) is 0 Å². The predicted octanol–water partition coefficient (Wildman–Crippen LogP) is 5.32. The van der Waals surface area contributed by atoms with Crippen molar-refractivity contribution < 1.29 is 23.7 Å². The van der Waals surface area contributed by atoms with Gasteiger partial charge in [0.15, 0.2) is 0 Å². The van der Waals surface area contributed by atoms with Gasteiger partial charge in [-0.2, -0.15) is 0 Å². The largest absolute Gasteiger partial charge is 0.444 e. The lowest BCUT2D eigenvalue weighted by Gasteiger charge is -2.32. The van der Waals surface area contributed by atoms with E-state index in [0.717, 1.165) is 16.7 Å². The summed E-state index contributed by atoms with van der Waals surface area (Å²) in [6.45, 7) is 7.14. The van der Waals surface area contributed by atoms with Crippen molar-refractivity contribution in [3.8, 4) is 0 Å². The van der Waals surface area contributed by atoms with Crippen LogP contribution in [0.25, 0.3) is 0 Å². The van der Waals surface area contributed by atoms with Crippen LogP contribution in [0.3, 0.4) is 0 Å². The van der Waals surface area contributed by atoms with Crippen molar-refractivity contribution in [2.24, 2.45) is 5.73 Å². The van der Waals surface area contributed by atoms with Crippen LogP contribution in [0.5, 0.6) is 0 Å². The summed E-state index contributed by atoms with van der Waals surface area (Å²) in [6.07, 6.45) is -1.41. The van der Waals surface area contributed by atoms with Crippen molar-refractivity contribution in [2.75, 3.05) is 13.2 Å². The number of nitrogens with two attached hydrogens (primary N) is 1. The number of nitrogens with zero attached hydrogens (tertiary/aromatic N) is 1. The third-order valence-electron chi connectivity index (χ3n) is 6.61. The molecular formula is C32H40N2O5. The van der Waals surface area contributed by atoms with Crippen molar-refractivity contribution in [3.63, 3.8) is 0 Å². The maximum absolute atomic E-state index is 13.6. The molecule has 39 heavy (non-hydrogen) atoms. The van der Waals surface area contributed by atoms with Gasteiger partial charge < -0.3 is 24.7 Å². The molecule has 0 saturated carbocycles. The first-order valence-corrected chi connectivity index (χ1v) is 13.5. The van der Waals surface area contributed by atoms with Gasteiger partial charge in [0.05, 0.1) is 38.5 Å². The molecule has 0 radical (unpaired) electrons. The van der Waals surface area contributed by atoms with E-state index in [2.05, 4.69) is 0 Å². The minimum Gasteiger partial charge on any atom is -0.444 e. The molecule has 0 aromatic heterocycles. The van der Waals surface area contributed by atoms with Gasteiger partial charge in [0.1, 0.15) is 17.8 Å². The number of rotatable bonds is 11. The zero-order valence-electron chi connectivity index (χ0n) is 23.1. The van der Waals surface area contributed by atoms with Crippen molar-refractivity contribution in [1.29, 1.82) is 0 Å². The van der Waals surface area contributed by atoms with E-state index in [4.69, 9.17) is 24.7 Å². The summed E-state index contributed by atoms with van der Waals surface area (Å²) in [5, 5.41) is 0. The Hall–Kier alpha value is -3.23. The summed E-state index contributed by atoms with van der Waals surface area (Å²) in [4.78, 5) is 15.3. The molecule has 0 unspecified atom stereocenters. The van der Waals surface area contributed by atoms with Crippen LogP contribution >= 0.6 is 0 Å². The number of carbonyl (C=O) groups is 1. The van der Waals surface area contributed by atoms with E-state index in [1.165, 1.54) is 0 Å². The zero-order chi connectivity index (χ0) is 27.7. The Labute approximate surface area is 231 Å². The Morgan fingerprint density at radius 1 is 0.718 bits per heavy atom. The van der Waals surface area contributed by atoms with Gasteiger partial charge in [-0.05, 0) is 37.5 Å². The maximum atomic E-state index is 13.6. The molecule has 1 amide bonds. The van der Waals surface area contributed by atoms with Crippen LogP contribution in [0.15, 0.2) is 91.0 Å². The number of carbonyl (C=O) groups excluding carboxylic acids is 1. The Morgan fingerprint density at radius 2 is 1.15 bits per heavy atom. The molecule has 2 N–H and O–H groups in total. The molecule has 7 heteroatoms. The Morgan fingerprint density at radius 3 is 1.59 bits per heavy atom. The van der Waals surface area contributed by atoms with Gasteiger partial charge in [0.25, 0.3) is 0 Å². The standard InChI is InChI=1S/C32H40N2O5/c1-32(2,3)39-31(35)34-27(19-33)29(37-21-25-15-9-5-10-16-25)30(38-22-26-17-11-6-12-18-26)28(34)23-36-20-24-13-7-4-8-14-24/h4-18,27-30H,19-23,33H2,1-3H3/t27-,28-,29-,30+/m1/s1. The molecule has 3 aromatic carbocycles. The van der Waals surface area contributed by atoms with E-state index in [0.29, 0.717) is 19.8 Å². The summed E-state index contributed by atoms with van der Waals surface area (Å²) >= 11 is 0. The zero-order valence-corrected chi connectivity index (χ0v) is 23.1. The number of ether oxygens (including phenoxy) is 4. The Bertz CT molecular complexity index is 1140. The first-order valence-electron chi connectivity index (χ1n) is 13.5. The molecule has 0 spiro atoms. The van der Waals surface area contributed by atoms with Crippen LogP contribution in [0.1, 0.15) is 37.5 Å². The van der Waals surface area contributed by atoms with Gasteiger partial charge in [-0.3, -0.25) is 4.90 Å². The number of benzene rings is 3. The number of likely N-dealkylation sites (tertiary alicyclic amines) is 1. The van der Waals surface area contributed by atoms with Gasteiger partial charge in [-0.25, -0.2) is 4.79 Å². The molecular weight excluding hydrogens is 492 g/mol. The lowest BCUT2D eigenvalue weighted by atomic mass is 10.1. The number of hydrogen-bond donors (Lipinski definition) is 1. The van der Waals surface area contributed by atoms with Crippen LogP contribution in [0.4, 0.5) is 4.79 Å². The first-order chi connectivity index (χ1) is 18.9. The van der Waals surface area contributed by atoms with E-state index < -0.39 is 36.0 Å². The van der Waals surface area contributed by atoms with Crippen molar-refractivity contribution in [1.82, 2.24) is 4.90 Å². The third-order valence-corrected chi connectivity index (χ3v) is 6.61. The third kappa shape index (κ3) is 8.13. The summed E-state index contributed by atoms with van der Waals surface area (Å²) in [5.74, 6) is 0. The number of hydrogen-bond acceptors (Lipinski definition) is 6. The monoisotopic (exact) mass is 532 g/mol. The van der Waals surface area contributed by atoms with Gasteiger partial charge in [-0.15, -0.1) is 0 Å². The lowest BCUT2D eigenvalue weighted by molar-refractivity contribution is -0.0860. The van der Waals surface area contributed by atoms with Crippen LogP contribution in [0, 0.1) is 0 Å². The second-order valence-corrected chi connectivity index (χ2v) is 10.8. The first kappa shape index (κ1) is 28.8. The number of amides is 1. The highest BCUT2D eigenvalue weighted by atomic mass is 16.6. The van der Waals surface area contributed by atoms with Gasteiger partial charge in [-0.1, -0.05) is 91.0 Å². The van der Waals surface area contributed by atoms with Crippen LogP contribution in [-0.4, -0.2) is 54.0 Å². The fourth-order valence-electron chi connectivity index (χ4n) is 4.83. The second kappa shape index (κ2) is 13.7. The molecule has 0 bridgehead atoms. The van der Waals surface area contributed by atoms with Gasteiger partial charge in [0, 0.05) is 6.54 Å². The average molecular weight is 533 g/mol. The van der Waals surface area contributed by atoms with Crippen molar-refractivity contribution in [3.05, 3.63) is 108 Å². The van der Waals surface area contributed by atoms with Crippen LogP contribution in [-0.2, 0) is 38.8 Å². The molecule has 1 saturated heterocycles. The molecule has 1 fully saturated rings. The molecule has 3 aromatic rings. The molecule has 208 valence electrons.